The first-order chi connectivity index (χ1) is 4.84. The summed E-state index contributed by atoms with van der Waals surface area (Å²) in [6, 6.07) is 9.52. The molecular formula is C8H11ClGeO. The molecule has 1 aromatic rings. The molecule has 0 fully saturated rings. The van der Waals surface area contributed by atoms with Gasteiger partial charge in [0, 0.05) is 0 Å². The summed E-state index contributed by atoms with van der Waals surface area (Å²) in [5.41, 5.74) is 0.894. The predicted octanol–water partition coefficient (Wildman–Crippen LogP) is 1.47. The molecule has 0 amide bonds. The van der Waals surface area contributed by atoms with Crippen molar-refractivity contribution in [3.63, 3.8) is 0 Å². The molecule has 0 saturated heterocycles. The minimum absolute atomic E-state index is 0. The van der Waals surface area contributed by atoms with Gasteiger partial charge in [-0.1, -0.05) is 0 Å². The van der Waals surface area contributed by atoms with Crippen LogP contribution in [0.5, 0.6) is 0 Å². The average molecular weight is 231 g/mol. The molecule has 0 heterocycles. The van der Waals surface area contributed by atoms with Crippen LogP contribution in [-0.2, 0) is 0 Å². The molecule has 0 bridgehead atoms. The second-order valence-corrected chi connectivity index (χ2v) is 4.97. The van der Waals surface area contributed by atoms with Crippen molar-refractivity contribution in [3.8, 4) is 0 Å². The van der Waals surface area contributed by atoms with Crippen molar-refractivity contribution >= 4 is 32.5 Å². The van der Waals surface area contributed by atoms with Gasteiger partial charge in [-0.2, -0.15) is 0 Å². The SMILES string of the molecule is Cl.[CH3][GeH2][C](=O)c1ccccc1. The summed E-state index contributed by atoms with van der Waals surface area (Å²) < 4.78 is 0.396. The molecule has 0 unspecified atom stereocenters. The van der Waals surface area contributed by atoms with Crippen molar-refractivity contribution in [1.29, 1.82) is 0 Å². The molecule has 11 heavy (non-hydrogen) atoms. The number of carbonyl (C=O) groups is 1. The fourth-order valence-electron chi connectivity index (χ4n) is 0.828. The quantitative estimate of drug-likeness (QED) is 0.704. The van der Waals surface area contributed by atoms with Gasteiger partial charge in [0.1, 0.15) is 0 Å². The molecular weight excluding hydrogens is 220 g/mol. The molecule has 3 heteroatoms. The maximum atomic E-state index is 11.1. The minimum atomic E-state index is -0.879. The van der Waals surface area contributed by atoms with E-state index in [9.17, 15) is 4.79 Å². The van der Waals surface area contributed by atoms with Crippen molar-refractivity contribution < 1.29 is 4.79 Å². The number of halogens is 1. The first-order valence-corrected chi connectivity index (χ1v) is 7.88. The van der Waals surface area contributed by atoms with E-state index in [2.05, 4.69) is 5.76 Å². The Morgan fingerprint density at radius 3 is 2.27 bits per heavy atom. The van der Waals surface area contributed by atoms with Gasteiger partial charge in [-0.05, 0) is 0 Å². The third-order valence-electron chi connectivity index (χ3n) is 1.42. The standard InChI is InChI=1S/C8H10GeO.ClH/c1-9-8(10)7-5-3-2-4-6-7;/h2-6H,9H2,1H3;1H. The van der Waals surface area contributed by atoms with Crippen LogP contribution in [0.15, 0.2) is 30.3 Å². The van der Waals surface area contributed by atoms with Gasteiger partial charge >= 0.3 is 66.5 Å². The second kappa shape index (κ2) is 5.38. The van der Waals surface area contributed by atoms with Crippen molar-refractivity contribution in [2.75, 3.05) is 0 Å². The average Bonchev–Trinajstić information content (AvgIpc) is 2.05. The fraction of sp³-hybridized carbons (Fsp3) is 0.125. The van der Waals surface area contributed by atoms with Gasteiger partial charge in [-0.15, -0.1) is 12.4 Å². The summed E-state index contributed by atoms with van der Waals surface area (Å²) in [6.45, 7) is 0. The summed E-state index contributed by atoms with van der Waals surface area (Å²) in [5, 5.41) is 0. The zero-order valence-corrected chi connectivity index (χ0v) is 10.2. The molecule has 0 aromatic heterocycles. The van der Waals surface area contributed by atoms with Crippen LogP contribution in [0.3, 0.4) is 0 Å². The number of hydrogen-bond donors (Lipinski definition) is 0. The Bertz CT molecular complexity index is 223. The van der Waals surface area contributed by atoms with Crippen molar-refractivity contribution in [3.05, 3.63) is 35.9 Å². The van der Waals surface area contributed by atoms with Gasteiger partial charge in [0.05, 0.1) is 0 Å². The monoisotopic (exact) mass is 232 g/mol. The molecule has 0 aliphatic carbocycles. The number of hydrogen-bond acceptors (Lipinski definition) is 1. The Balaban J connectivity index is 0.000001000. The zero-order chi connectivity index (χ0) is 7.40. The molecule has 1 nitrogen and oxygen atoms in total. The van der Waals surface area contributed by atoms with E-state index in [1.807, 2.05) is 30.3 Å². The molecule has 0 N–H and O–H groups in total. The van der Waals surface area contributed by atoms with E-state index in [-0.39, 0.29) is 12.4 Å². The molecule has 1 aromatic carbocycles. The summed E-state index contributed by atoms with van der Waals surface area (Å²) in [5.74, 6) is 2.06. The predicted molar refractivity (Wildman–Crippen MR) is 52.4 cm³/mol. The van der Waals surface area contributed by atoms with E-state index in [1.54, 1.807) is 0 Å². The van der Waals surface area contributed by atoms with Crippen molar-refractivity contribution in [2.45, 2.75) is 5.76 Å². The number of carbonyl (C=O) groups excluding carboxylic acids is 1. The van der Waals surface area contributed by atoms with Gasteiger partial charge in [0.15, 0.2) is 0 Å². The topological polar surface area (TPSA) is 17.1 Å². The Morgan fingerprint density at radius 2 is 1.82 bits per heavy atom. The fourth-order valence-corrected chi connectivity index (χ4v) is 2.18. The van der Waals surface area contributed by atoms with Crippen LogP contribution in [0.25, 0.3) is 0 Å². The molecule has 0 spiro atoms. The first kappa shape index (κ1) is 10.7. The van der Waals surface area contributed by atoms with Gasteiger partial charge in [-0.25, -0.2) is 0 Å². The van der Waals surface area contributed by atoms with Crippen molar-refractivity contribution in [2.24, 2.45) is 0 Å². The van der Waals surface area contributed by atoms with E-state index >= 15 is 0 Å². The zero-order valence-electron chi connectivity index (χ0n) is 6.41. The van der Waals surface area contributed by atoms with E-state index < -0.39 is 15.4 Å². The molecule has 0 radical (unpaired) electrons. The van der Waals surface area contributed by atoms with Crippen LogP contribution in [0, 0.1) is 0 Å². The first-order valence-electron chi connectivity index (χ1n) is 3.43. The van der Waals surface area contributed by atoms with E-state index in [0.29, 0.717) is 4.62 Å². The Morgan fingerprint density at radius 1 is 1.27 bits per heavy atom. The number of benzene rings is 1. The molecule has 0 saturated carbocycles. The van der Waals surface area contributed by atoms with Gasteiger partial charge in [0.2, 0.25) is 0 Å². The third kappa shape index (κ3) is 3.08. The van der Waals surface area contributed by atoms with Crippen LogP contribution in [-0.4, -0.2) is 20.0 Å². The molecule has 0 atom stereocenters. The summed E-state index contributed by atoms with van der Waals surface area (Å²) in [7, 11) is 0. The third-order valence-corrected chi connectivity index (χ3v) is 3.62. The van der Waals surface area contributed by atoms with Gasteiger partial charge < -0.3 is 0 Å². The Kier molecular flexibility index (Phi) is 5.25. The number of rotatable bonds is 2. The summed E-state index contributed by atoms with van der Waals surface area (Å²) in [4.78, 5) is 11.1. The summed E-state index contributed by atoms with van der Waals surface area (Å²) >= 11 is -0.879. The Hall–Kier alpha value is -0.277. The molecule has 0 aliphatic rings. The van der Waals surface area contributed by atoms with Gasteiger partial charge in [-0.3, -0.25) is 0 Å². The normalized spacial score (nSPS) is 9.55. The van der Waals surface area contributed by atoms with E-state index in [0.717, 1.165) is 5.56 Å². The Labute approximate surface area is 79.1 Å². The van der Waals surface area contributed by atoms with E-state index in [4.69, 9.17) is 0 Å². The molecule has 0 aliphatic heterocycles. The van der Waals surface area contributed by atoms with E-state index in [1.165, 1.54) is 0 Å². The summed E-state index contributed by atoms with van der Waals surface area (Å²) in [6.07, 6.45) is 0. The second-order valence-electron chi connectivity index (χ2n) is 2.14. The van der Waals surface area contributed by atoms with Gasteiger partial charge in [0.25, 0.3) is 0 Å². The molecule has 1 rings (SSSR count). The van der Waals surface area contributed by atoms with Crippen LogP contribution in [0.2, 0.25) is 5.76 Å². The van der Waals surface area contributed by atoms with Crippen molar-refractivity contribution in [1.82, 2.24) is 0 Å². The van der Waals surface area contributed by atoms with Crippen LogP contribution in [0.4, 0.5) is 0 Å². The molecule has 60 valence electrons. The van der Waals surface area contributed by atoms with Crippen LogP contribution in [0.1, 0.15) is 10.4 Å². The van der Waals surface area contributed by atoms with Crippen LogP contribution >= 0.6 is 12.4 Å². The van der Waals surface area contributed by atoms with Crippen LogP contribution < -0.4 is 0 Å². The maximum absolute atomic E-state index is 11.1.